The molecule has 2 atom stereocenters. The summed E-state index contributed by atoms with van der Waals surface area (Å²) in [6.45, 7) is 1.46. The zero-order chi connectivity index (χ0) is 20.3. The van der Waals surface area contributed by atoms with Crippen LogP contribution in [-0.4, -0.2) is 59.8 Å². The third kappa shape index (κ3) is 4.55. The summed E-state index contributed by atoms with van der Waals surface area (Å²) in [4.78, 5) is 16.5. The minimum absolute atomic E-state index is 0.200. The Kier molecular flexibility index (Phi) is 6.04. The molecule has 2 aliphatic heterocycles. The first kappa shape index (κ1) is 20.1. The second kappa shape index (κ2) is 8.70. The van der Waals surface area contributed by atoms with Gasteiger partial charge in [-0.1, -0.05) is 12.8 Å². The van der Waals surface area contributed by atoms with E-state index in [1.807, 2.05) is 12.1 Å². The Morgan fingerprint density at radius 3 is 2.45 bits per heavy atom. The highest BCUT2D eigenvalue weighted by atomic mass is 32.2. The zero-order valence-corrected chi connectivity index (χ0v) is 16.9. The van der Waals surface area contributed by atoms with Crippen molar-refractivity contribution < 1.29 is 13.2 Å². The smallest absolute Gasteiger partial charge is 0.279 e. The molecule has 0 bridgehead atoms. The minimum atomic E-state index is -3.65. The molecule has 0 radical (unpaired) electrons. The van der Waals surface area contributed by atoms with Crippen molar-refractivity contribution in [1.82, 2.24) is 23.8 Å². The van der Waals surface area contributed by atoms with Gasteiger partial charge in [-0.3, -0.25) is 9.78 Å². The van der Waals surface area contributed by atoms with Crippen LogP contribution in [0.1, 0.15) is 31.7 Å². The van der Waals surface area contributed by atoms with E-state index in [1.165, 1.54) is 15.1 Å². The van der Waals surface area contributed by atoms with Crippen molar-refractivity contribution in [3.05, 3.63) is 47.0 Å². The lowest BCUT2D eigenvalue weighted by Gasteiger charge is -2.25. The monoisotopic (exact) mass is 419 g/mol. The molecule has 2 aliphatic rings. The average molecular weight is 420 g/mol. The summed E-state index contributed by atoms with van der Waals surface area (Å²) in [6, 6.07) is 5.65. The van der Waals surface area contributed by atoms with Crippen molar-refractivity contribution in [2.75, 3.05) is 26.3 Å². The number of nitrogens with zero attached hydrogens (tertiary/aromatic N) is 4. The summed E-state index contributed by atoms with van der Waals surface area (Å²) in [5.41, 5.74) is 1.15. The fraction of sp³-hybridized carbons (Fsp3) is 0.526. The Labute approximate surface area is 169 Å². The predicted molar refractivity (Wildman–Crippen MR) is 107 cm³/mol. The molecule has 9 nitrogen and oxygen atoms in total. The molecule has 0 aromatic carbocycles. The van der Waals surface area contributed by atoms with E-state index in [9.17, 15) is 13.2 Å². The zero-order valence-electron chi connectivity index (χ0n) is 16.1. The van der Waals surface area contributed by atoms with Crippen molar-refractivity contribution in [1.29, 1.82) is 0 Å². The van der Waals surface area contributed by atoms with Gasteiger partial charge in [0.25, 0.3) is 15.8 Å². The van der Waals surface area contributed by atoms with Crippen LogP contribution < -0.4 is 10.3 Å². The molecule has 0 amide bonds. The Morgan fingerprint density at radius 2 is 1.72 bits per heavy atom. The van der Waals surface area contributed by atoms with E-state index in [4.69, 9.17) is 4.74 Å². The van der Waals surface area contributed by atoms with Crippen molar-refractivity contribution >= 4 is 10.2 Å². The number of aromatic nitrogens is 3. The molecule has 4 heterocycles. The fourth-order valence-electron chi connectivity index (χ4n) is 3.78. The van der Waals surface area contributed by atoms with Crippen LogP contribution in [0.4, 0.5) is 0 Å². The van der Waals surface area contributed by atoms with E-state index in [-0.39, 0.29) is 18.8 Å². The molecule has 156 valence electrons. The molecule has 1 N–H and O–H groups in total. The maximum Gasteiger partial charge on any atom is 0.279 e. The van der Waals surface area contributed by atoms with Crippen molar-refractivity contribution in [2.45, 2.75) is 37.8 Å². The molecule has 2 aromatic rings. The van der Waals surface area contributed by atoms with Gasteiger partial charge in [0.15, 0.2) is 0 Å². The second-order valence-electron chi connectivity index (χ2n) is 7.38. The Hall–Kier alpha value is -2.14. The van der Waals surface area contributed by atoms with E-state index < -0.39 is 22.3 Å². The summed E-state index contributed by atoms with van der Waals surface area (Å²) in [5.74, 6) is 0. The number of ether oxygens (including phenoxy) is 1. The van der Waals surface area contributed by atoms with Gasteiger partial charge in [0.05, 0.1) is 31.0 Å². The molecule has 2 unspecified atom stereocenters. The summed E-state index contributed by atoms with van der Waals surface area (Å²) >= 11 is 0. The molecule has 0 saturated carbocycles. The lowest BCUT2D eigenvalue weighted by molar-refractivity contribution is 0.181. The van der Waals surface area contributed by atoms with Gasteiger partial charge >= 0.3 is 0 Å². The van der Waals surface area contributed by atoms with Gasteiger partial charge in [-0.25, -0.2) is 4.68 Å². The highest BCUT2D eigenvalue weighted by Gasteiger charge is 2.36. The van der Waals surface area contributed by atoms with Gasteiger partial charge in [-0.2, -0.15) is 22.5 Å². The first-order valence-electron chi connectivity index (χ1n) is 9.90. The third-order valence-electron chi connectivity index (χ3n) is 5.37. The summed E-state index contributed by atoms with van der Waals surface area (Å²) in [5, 5.41) is 4.48. The molecule has 10 heteroatoms. The quantitative estimate of drug-likeness (QED) is 0.774. The molecule has 2 fully saturated rings. The van der Waals surface area contributed by atoms with Crippen molar-refractivity contribution in [3.8, 4) is 11.3 Å². The highest BCUT2D eigenvalue weighted by Crippen LogP contribution is 2.22. The van der Waals surface area contributed by atoms with Gasteiger partial charge in [0.2, 0.25) is 0 Å². The molecular weight excluding hydrogens is 394 g/mol. The van der Waals surface area contributed by atoms with E-state index >= 15 is 0 Å². The molecule has 2 aromatic heterocycles. The molecule has 0 aliphatic carbocycles. The van der Waals surface area contributed by atoms with Crippen LogP contribution >= 0.6 is 0 Å². The van der Waals surface area contributed by atoms with Gasteiger partial charge in [-0.15, -0.1) is 0 Å². The second-order valence-corrected chi connectivity index (χ2v) is 9.09. The van der Waals surface area contributed by atoms with Gasteiger partial charge < -0.3 is 4.74 Å². The maximum atomic E-state index is 12.9. The predicted octanol–water partition coefficient (Wildman–Crippen LogP) is 0.956. The van der Waals surface area contributed by atoms with Crippen molar-refractivity contribution in [2.24, 2.45) is 0 Å². The Balaban J connectivity index is 1.58. The topological polar surface area (TPSA) is 106 Å². The van der Waals surface area contributed by atoms with Crippen LogP contribution in [0.5, 0.6) is 0 Å². The summed E-state index contributed by atoms with van der Waals surface area (Å²) in [7, 11) is -3.65. The standard InChI is InChI=1S/C19H25N5O4S/c25-19-6-5-16(15-7-9-20-10-8-15)21-24(19)18-14-28-13-17(18)22-29(26,27)23-11-3-1-2-4-12-23/h5-10,17-18,22H,1-4,11-14H2. The van der Waals surface area contributed by atoms with Gasteiger partial charge in [0, 0.05) is 37.1 Å². The molecule has 4 rings (SSSR count). The number of hydrogen-bond donors (Lipinski definition) is 1. The summed E-state index contributed by atoms with van der Waals surface area (Å²) in [6.07, 6.45) is 7.12. The number of nitrogens with one attached hydrogen (secondary N) is 1. The number of pyridine rings is 1. The molecule has 29 heavy (non-hydrogen) atoms. The fourth-order valence-corrected chi connectivity index (χ4v) is 5.28. The van der Waals surface area contributed by atoms with Crippen LogP contribution in [0.25, 0.3) is 11.3 Å². The van der Waals surface area contributed by atoms with Crippen LogP contribution in [0.15, 0.2) is 41.5 Å². The van der Waals surface area contributed by atoms with Gasteiger partial charge in [-0.05, 0) is 31.0 Å². The normalized spacial score (nSPS) is 23.7. The molecular formula is C19H25N5O4S. The lowest BCUT2D eigenvalue weighted by Crippen LogP contribution is -2.49. The number of hydrogen-bond acceptors (Lipinski definition) is 6. The minimum Gasteiger partial charge on any atom is -0.377 e. The highest BCUT2D eigenvalue weighted by molar-refractivity contribution is 7.87. The van der Waals surface area contributed by atoms with Crippen LogP contribution in [0, 0.1) is 0 Å². The van der Waals surface area contributed by atoms with Crippen molar-refractivity contribution in [3.63, 3.8) is 0 Å². The van der Waals surface area contributed by atoms with E-state index in [0.717, 1.165) is 31.2 Å². The average Bonchev–Trinajstić information content (AvgIpc) is 2.99. The molecule has 2 saturated heterocycles. The summed E-state index contributed by atoms with van der Waals surface area (Å²) < 4.78 is 36.9. The largest absolute Gasteiger partial charge is 0.377 e. The van der Waals surface area contributed by atoms with E-state index in [2.05, 4.69) is 14.8 Å². The van der Waals surface area contributed by atoms with E-state index in [0.29, 0.717) is 18.8 Å². The van der Waals surface area contributed by atoms with Crippen LogP contribution in [0.3, 0.4) is 0 Å². The lowest BCUT2D eigenvalue weighted by atomic mass is 10.1. The van der Waals surface area contributed by atoms with Gasteiger partial charge in [0.1, 0.15) is 0 Å². The Bertz CT molecular complexity index is 987. The maximum absolute atomic E-state index is 12.9. The SMILES string of the molecule is O=c1ccc(-c2ccncc2)nn1C1COCC1NS(=O)(=O)N1CCCCCC1. The van der Waals surface area contributed by atoms with Crippen LogP contribution in [-0.2, 0) is 14.9 Å². The van der Waals surface area contributed by atoms with Crippen LogP contribution in [0.2, 0.25) is 0 Å². The molecule has 0 spiro atoms. The van der Waals surface area contributed by atoms with E-state index in [1.54, 1.807) is 18.5 Å². The number of rotatable bonds is 5. The Morgan fingerprint density at radius 1 is 1.00 bits per heavy atom. The first-order chi connectivity index (χ1) is 14.0. The third-order valence-corrected chi connectivity index (χ3v) is 7.02. The first-order valence-corrected chi connectivity index (χ1v) is 11.3.